The Morgan fingerprint density at radius 1 is 1.25 bits per heavy atom. The van der Waals surface area contributed by atoms with Crippen LogP contribution in [-0.4, -0.2) is 37.7 Å². The van der Waals surface area contributed by atoms with E-state index in [9.17, 15) is 0 Å². The van der Waals surface area contributed by atoms with Crippen LogP contribution in [0.5, 0.6) is 0 Å². The van der Waals surface area contributed by atoms with E-state index < -0.39 is 0 Å². The van der Waals surface area contributed by atoms with E-state index in [0.717, 1.165) is 19.0 Å². The standard InChI is InChI=1S/C7H13N3.C2H4/c1-8-7(9-2)10-5-3-4-6-10;1-2/h1,3-6H2,2H3;1-2H2. The summed E-state index contributed by atoms with van der Waals surface area (Å²) in [7, 11) is 1.75. The molecule has 0 amide bonds. The van der Waals surface area contributed by atoms with Gasteiger partial charge in [-0.2, -0.15) is 0 Å². The second-order valence-electron chi connectivity index (χ2n) is 2.38. The van der Waals surface area contributed by atoms with Crippen LogP contribution in [0.1, 0.15) is 12.8 Å². The lowest BCUT2D eigenvalue weighted by Crippen LogP contribution is -2.25. The minimum absolute atomic E-state index is 0.789. The molecule has 0 bridgehead atoms. The Bertz CT molecular complexity index is 157. The SMILES string of the molecule is C=C.C=NC(=NC)N1CCCC1. The molecule has 0 N–H and O–H groups in total. The largest absolute Gasteiger partial charge is 0.341 e. The zero-order valence-corrected chi connectivity index (χ0v) is 7.79. The van der Waals surface area contributed by atoms with Gasteiger partial charge in [0.25, 0.3) is 0 Å². The molecule has 0 aromatic heterocycles. The van der Waals surface area contributed by atoms with Gasteiger partial charge in [0.2, 0.25) is 5.96 Å². The lowest BCUT2D eigenvalue weighted by atomic mass is 10.4. The molecule has 1 fully saturated rings. The van der Waals surface area contributed by atoms with Crippen LogP contribution in [-0.2, 0) is 0 Å². The van der Waals surface area contributed by atoms with Gasteiger partial charge in [0.05, 0.1) is 0 Å². The van der Waals surface area contributed by atoms with Crippen molar-refractivity contribution in [1.29, 1.82) is 0 Å². The minimum atomic E-state index is 0.789. The molecule has 3 nitrogen and oxygen atoms in total. The molecule has 68 valence electrons. The number of likely N-dealkylation sites (tertiary alicyclic amines) is 1. The zero-order valence-electron chi connectivity index (χ0n) is 7.79. The Balaban J connectivity index is 0.000000561. The predicted octanol–water partition coefficient (Wildman–Crippen LogP) is 1.57. The number of aliphatic imine (C=N–C) groups is 2. The number of rotatable bonds is 0. The quantitative estimate of drug-likeness (QED) is 0.306. The molecule has 1 aliphatic heterocycles. The average molecular weight is 167 g/mol. The maximum absolute atomic E-state index is 4.00. The molecule has 0 spiro atoms. The molecule has 1 heterocycles. The predicted molar refractivity (Wildman–Crippen MR) is 55.0 cm³/mol. The fourth-order valence-corrected chi connectivity index (χ4v) is 1.23. The third kappa shape index (κ3) is 2.86. The second kappa shape index (κ2) is 6.58. The number of nitrogens with zero attached hydrogens (tertiary/aromatic N) is 3. The maximum atomic E-state index is 4.00. The van der Waals surface area contributed by atoms with Crippen molar-refractivity contribution in [3.8, 4) is 0 Å². The highest BCUT2D eigenvalue weighted by molar-refractivity contribution is 5.84. The van der Waals surface area contributed by atoms with Crippen LogP contribution in [0.25, 0.3) is 0 Å². The Labute approximate surface area is 74.5 Å². The molecule has 0 aromatic rings. The Morgan fingerprint density at radius 2 is 1.75 bits per heavy atom. The molecular weight excluding hydrogens is 150 g/mol. The molecule has 3 heteroatoms. The van der Waals surface area contributed by atoms with E-state index in [4.69, 9.17) is 0 Å². The lowest BCUT2D eigenvalue weighted by Gasteiger charge is -2.14. The average Bonchev–Trinajstić information content (AvgIpc) is 2.64. The van der Waals surface area contributed by atoms with Gasteiger partial charge in [0.15, 0.2) is 0 Å². The van der Waals surface area contributed by atoms with E-state index in [0.29, 0.717) is 0 Å². The van der Waals surface area contributed by atoms with Gasteiger partial charge in [0.1, 0.15) is 0 Å². The zero-order chi connectivity index (χ0) is 9.40. The summed E-state index contributed by atoms with van der Waals surface area (Å²) in [6.45, 7) is 11.6. The van der Waals surface area contributed by atoms with Gasteiger partial charge in [-0.25, -0.2) is 4.99 Å². The van der Waals surface area contributed by atoms with Crippen LogP contribution >= 0.6 is 0 Å². The molecule has 0 unspecified atom stereocenters. The molecule has 0 atom stereocenters. The smallest absolute Gasteiger partial charge is 0.219 e. The van der Waals surface area contributed by atoms with Crippen molar-refractivity contribution in [2.24, 2.45) is 9.98 Å². The molecule has 1 rings (SSSR count). The molecule has 0 aliphatic carbocycles. The highest BCUT2D eigenvalue weighted by Crippen LogP contribution is 2.07. The highest BCUT2D eigenvalue weighted by Gasteiger charge is 2.13. The third-order valence-electron chi connectivity index (χ3n) is 1.73. The fourth-order valence-electron chi connectivity index (χ4n) is 1.23. The van der Waals surface area contributed by atoms with Gasteiger partial charge in [-0.05, 0) is 19.6 Å². The van der Waals surface area contributed by atoms with Gasteiger partial charge < -0.3 is 4.90 Å². The Morgan fingerprint density at radius 3 is 2.08 bits per heavy atom. The molecule has 1 saturated heterocycles. The van der Waals surface area contributed by atoms with Gasteiger partial charge >= 0.3 is 0 Å². The summed E-state index contributed by atoms with van der Waals surface area (Å²) in [6.07, 6.45) is 2.52. The maximum Gasteiger partial charge on any atom is 0.219 e. The summed E-state index contributed by atoms with van der Waals surface area (Å²) in [6, 6.07) is 0. The molecule has 12 heavy (non-hydrogen) atoms. The fraction of sp³-hybridized carbons (Fsp3) is 0.556. The summed E-state index contributed by atoms with van der Waals surface area (Å²) >= 11 is 0. The lowest BCUT2D eigenvalue weighted by molar-refractivity contribution is 0.513. The first-order chi connectivity index (χ1) is 5.88. The Hall–Kier alpha value is -1.12. The first kappa shape index (κ1) is 10.9. The number of hydrogen-bond acceptors (Lipinski definition) is 1. The molecule has 0 aromatic carbocycles. The monoisotopic (exact) mass is 167 g/mol. The number of hydrogen-bond donors (Lipinski definition) is 0. The van der Waals surface area contributed by atoms with Crippen LogP contribution in [0.4, 0.5) is 0 Å². The van der Waals surface area contributed by atoms with Crippen molar-refractivity contribution in [3.05, 3.63) is 13.2 Å². The van der Waals surface area contributed by atoms with Crippen molar-refractivity contribution in [3.63, 3.8) is 0 Å². The van der Waals surface area contributed by atoms with E-state index in [1.165, 1.54) is 12.8 Å². The molecular formula is C9H17N3. The van der Waals surface area contributed by atoms with Crippen molar-refractivity contribution in [2.75, 3.05) is 20.1 Å². The summed E-state index contributed by atoms with van der Waals surface area (Å²) in [5, 5.41) is 0. The van der Waals surface area contributed by atoms with Crippen molar-refractivity contribution >= 4 is 12.7 Å². The summed E-state index contributed by atoms with van der Waals surface area (Å²) in [5.41, 5.74) is 0. The first-order valence-corrected chi connectivity index (χ1v) is 4.07. The third-order valence-corrected chi connectivity index (χ3v) is 1.73. The normalized spacial score (nSPS) is 16.8. The van der Waals surface area contributed by atoms with Gasteiger partial charge in [0, 0.05) is 20.1 Å². The first-order valence-electron chi connectivity index (χ1n) is 4.07. The summed E-state index contributed by atoms with van der Waals surface area (Å²) < 4.78 is 0. The van der Waals surface area contributed by atoms with E-state index in [2.05, 4.69) is 34.8 Å². The Kier molecular flexibility index (Phi) is 5.97. The molecule has 0 saturated carbocycles. The van der Waals surface area contributed by atoms with E-state index in [1.807, 2.05) is 0 Å². The number of guanidine groups is 1. The van der Waals surface area contributed by atoms with Crippen molar-refractivity contribution < 1.29 is 0 Å². The van der Waals surface area contributed by atoms with Gasteiger partial charge in [-0.3, -0.25) is 4.99 Å². The highest BCUT2D eigenvalue weighted by atomic mass is 15.3. The summed E-state index contributed by atoms with van der Waals surface area (Å²) in [5.74, 6) is 0.789. The summed E-state index contributed by atoms with van der Waals surface area (Å²) in [4.78, 5) is 9.98. The molecule has 0 radical (unpaired) electrons. The van der Waals surface area contributed by atoms with E-state index in [-0.39, 0.29) is 0 Å². The van der Waals surface area contributed by atoms with Gasteiger partial charge in [-0.15, -0.1) is 13.2 Å². The minimum Gasteiger partial charge on any atom is -0.341 e. The second-order valence-corrected chi connectivity index (χ2v) is 2.38. The van der Waals surface area contributed by atoms with Crippen molar-refractivity contribution in [2.45, 2.75) is 12.8 Å². The van der Waals surface area contributed by atoms with Crippen LogP contribution in [0.15, 0.2) is 23.1 Å². The van der Waals surface area contributed by atoms with E-state index >= 15 is 0 Å². The van der Waals surface area contributed by atoms with Crippen LogP contribution in [0, 0.1) is 0 Å². The van der Waals surface area contributed by atoms with Crippen LogP contribution in [0.2, 0.25) is 0 Å². The van der Waals surface area contributed by atoms with Crippen LogP contribution < -0.4 is 0 Å². The van der Waals surface area contributed by atoms with Crippen molar-refractivity contribution in [1.82, 2.24) is 4.90 Å². The topological polar surface area (TPSA) is 28.0 Å². The van der Waals surface area contributed by atoms with E-state index in [1.54, 1.807) is 7.05 Å². The van der Waals surface area contributed by atoms with Gasteiger partial charge in [-0.1, -0.05) is 0 Å². The molecule has 1 aliphatic rings. The van der Waals surface area contributed by atoms with Crippen LogP contribution in [0.3, 0.4) is 0 Å².